The number of rotatable bonds is 5. The number of benzene rings is 1. The van der Waals surface area contributed by atoms with Crippen LogP contribution in [0.4, 0.5) is 16.0 Å². The van der Waals surface area contributed by atoms with Crippen molar-refractivity contribution < 1.29 is 9.50 Å². The Hall–Kier alpha value is -3.63. The lowest BCUT2D eigenvalue weighted by Gasteiger charge is -2.18. The first kappa shape index (κ1) is 20.9. The molecule has 6 rings (SSSR count). The molecule has 1 aliphatic heterocycles. The van der Waals surface area contributed by atoms with Crippen LogP contribution in [0.15, 0.2) is 41.3 Å². The molecule has 1 aromatic carbocycles. The summed E-state index contributed by atoms with van der Waals surface area (Å²) in [7, 11) is 0. The fourth-order valence-corrected chi connectivity index (χ4v) is 4.49. The Kier molecular flexibility index (Phi) is 4.75. The average Bonchev–Trinajstić information content (AvgIpc) is 3.54. The minimum Gasteiger partial charge on any atom is -0.384 e. The van der Waals surface area contributed by atoms with Crippen LogP contribution in [-0.4, -0.2) is 36.0 Å². The van der Waals surface area contributed by atoms with Crippen molar-refractivity contribution in [2.24, 2.45) is 0 Å². The second-order valence-corrected chi connectivity index (χ2v) is 8.83. The van der Waals surface area contributed by atoms with E-state index in [-0.39, 0.29) is 34.9 Å². The number of anilines is 2. The summed E-state index contributed by atoms with van der Waals surface area (Å²) in [6.07, 6.45) is 3.59. The first-order chi connectivity index (χ1) is 16.5. The van der Waals surface area contributed by atoms with Gasteiger partial charge < -0.3 is 15.7 Å². The third-order valence-electron chi connectivity index (χ3n) is 6.55. The highest BCUT2D eigenvalue weighted by Gasteiger charge is 2.44. The molecule has 1 saturated carbocycles. The monoisotopic (exact) mass is 461 g/mol. The number of fused-ring (bicyclic) bond motifs is 2. The molecule has 9 nitrogen and oxygen atoms in total. The highest BCUT2D eigenvalue weighted by atomic mass is 19.1. The number of aromatic nitrogens is 5. The molecule has 3 aromatic heterocycles. The van der Waals surface area contributed by atoms with Gasteiger partial charge in [0.2, 0.25) is 5.95 Å². The Morgan fingerprint density at radius 1 is 1.21 bits per heavy atom. The average molecular weight is 462 g/mol. The van der Waals surface area contributed by atoms with Gasteiger partial charge in [0.25, 0.3) is 5.56 Å². The summed E-state index contributed by atoms with van der Waals surface area (Å²) in [4.78, 5) is 26.3. The number of nitrogens with zero attached hydrogens (tertiary/aromatic N) is 5. The van der Waals surface area contributed by atoms with Crippen molar-refractivity contribution in [3.8, 4) is 5.82 Å². The number of nitrogens with one attached hydrogen (secondary N) is 2. The van der Waals surface area contributed by atoms with E-state index in [0.29, 0.717) is 18.5 Å². The van der Waals surface area contributed by atoms with Crippen LogP contribution >= 0.6 is 0 Å². The van der Waals surface area contributed by atoms with Crippen molar-refractivity contribution in [3.05, 3.63) is 69.5 Å². The Labute approximate surface area is 194 Å². The van der Waals surface area contributed by atoms with E-state index in [9.17, 15) is 14.3 Å². The van der Waals surface area contributed by atoms with Gasteiger partial charge in [-0.1, -0.05) is 6.07 Å². The zero-order valence-electron chi connectivity index (χ0n) is 18.7. The summed E-state index contributed by atoms with van der Waals surface area (Å²) < 4.78 is 17.7. The molecule has 0 radical (unpaired) electrons. The molecule has 174 valence electrons. The topological polar surface area (TPSA) is 110 Å². The summed E-state index contributed by atoms with van der Waals surface area (Å²) in [5.41, 5.74) is 2.62. The first-order valence-electron chi connectivity index (χ1n) is 11.4. The van der Waals surface area contributed by atoms with Crippen LogP contribution < -0.4 is 16.2 Å². The van der Waals surface area contributed by atoms with Crippen molar-refractivity contribution in [1.82, 2.24) is 29.6 Å². The third kappa shape index (κ3) is 3.37. The maximum absolute atomic E-state index is 15.0. The van der Waals surface area contributed by atoms with Gasteiger partial charge in [0.05, 0.1) is 5.69 Å². The summed E-state index contributed by atoms with van der Waals surface area (Å²) >= 11 is 0. The fraction of sp³-hybridized carbons (Fsp3) is 0.333. The molecule has 10 heteroatoms. The number of pyridine rings is 1. The molecule has 4 aromatic rings. The lowest BCUT2D eigenvalue weighted by molar-refractivity contribution is 0.146. The van der Waals surface area contributed by atoms with Gasteiger partial charge in [0, 0.05) is 25.0 Å². The molecule has 0 bridgehead atoms. The summed E-state index contributed by atoms with van der Waals surface area (Å²) in [6.45, 7) is 3.85. The minimum absolute atomic E-state index is 0.0729. The molecule has 1 aliphatic carbocycles. The van der Waals surface area contributed by atoms with E-state index in [1.807, 2.05) is 6.07 Å². The van der Waals surface area contributed by atoms with E-state index >= 15 is 0 Å². The van der Waals surface area contributed by atoms with Gasteiger partial charge in [-0.2, -0.15) is 4.98 Å². The summed E-state index contributed by atoms with van der Waals surface area (Å²) in [5, 5.41) is 17.3. The maximum atomic E-state index is 15.0. The van der Waals surface area contributed by atoms with E-state index in [0.717, 1.165) is 25.2 Å². The molecular weight excluding hydrogens is 437 g/mol. The minimum atomic E-state index is -1.04. The largest absolute Gasteiger partial charge is 0.384 e. The van der Waals surface area contributed by atoms with Gasteiger partial charge in [0.15, 0.2) is 17.3 Å². The highest BCUT2D eigenvalue weighted by Crippen LogP contribution is 2.44. The predicted octanol–water partition coefficient (Wildman–Crippen LogP) is 2.51. The fourth-order valence-electron chi connectivity index (χ4n) is 4.49. The van der Waals surface area contributed by atoms with Crippen molar-refractivity contribution in [3.63, 3.8) is 0 Å². The first-order valence-corrected chi connectivity index (χ1v) is 11.4. The van der Waals surface area contributed by atoms with Crippen LogP contribution in [-0.2, 0) is 25.1 Å². The molecule has 0 amide bonds. The molecule has 0 saturated heterocycles. The molecule has 0 unspecified atom stereocenters. The Morgan fingerprint density at radius 2 is 2.06 bits per heavy atom. The van der Waals surface area contributed by atoms with Crippen molar-refractivity contribution in [2.45, 2.75) is 44.9 Å². The molecule has 2 aliphatic rings. The Bertz CT molecular complexity index is 1490. The molecular formula is C24H24FN7O2. The van der Waals surface area contributed by atoms with Crippen LogP contribution in [0.5, 0.6) is 0 Å². The normalized spacial score (nSPS) is 16.4. The van der Waals surface area contributed by atoms with E-state index in [1.165, 1.54) is 38.8 Å². The van der Waals surface area contributed by atoms with Crippen molar-refractivity contribution in [1.29, 1.82) is 0 Å². The number of halogens is 1. The van der Waals surface area contributed by atoms with Crippen LogP contribution in [0.2, 0.25) is 0 Å². The molecule has 1 fully saturated rings. The van der Waals surface area contributed by atoms with E-state index in [1.54, 1.807) is 6.92 Å². The predicted molar refractivity (Wildman–Crippen MR) is 125 cm³/mol. The Morgan fingerprint density at radius 3 is 2.85 bits per heavy atom. The van der Waals surface area contributed by atoms with Crippen LogP contribution in [0.3, 0.4) is 0 Å². The van der Waals surface area contributed by atoms with Gasteiger partial charge in [0.1, 0.15) is 11.0 Å². The van der Waals surface area contributed by atoms with E-state index < -0.39 is 11.4 Å². The molecule has 3 N–H and O–H groups in total. The second kappa shape index (κ2) is 7.71. The molecule has 0 atom stereocenters. The Balaban J connectivity index is 1.46. The number of hydrogen-bond donors (Lipinski definition) is 3. The zero-order chi connectivity index (χ0) is 23.4. The van der Waals surface area contributed by atoms with Crippen LogP contribution in [0.25, 0.3) is 16.9 Å². The van der Waals surface area contributed by atoms with Crippen molar-refractivity contribution >= 4 is 22.7 Å². The van der Waals surface area contributed by atoms with Gasteiger partial charge in [-0.05, 0) is 68.1 Å². The van der Waals surface area contributed by atoms with Gasteiger partial charge in [-0.25, -0.2) is 23.7 Å². The smallest absolute Gasteiger partial charge is 0.278 e. The third-order valence-corrected chi connectivity index (χ3v) is 6.55. The lowest BCUT2D eigenvalue weighted by Crippen LogP contribution is -2.23. The highest BCUT2D eigenvalue weighted by molar-refractivity contribution is 5.77. The SMILES string of the molecule is CCn1c(=O)c2cnc(Nc3ccc4c(c3)CNCC4)nc2n1-c1nc(C2(O)CC2)ccc1F. The van der Waals surface area contributed by atoms with Gasteiger partial charge in [-0.3, -0.25) is 4.79 Å². The van der Waals surface area contributed by atoms with Crippen LogP contribution in [0.1, 0.15) is 36.6 Å². The quantitative estimate of drug-likeness (QED) is 0.419. The number of hydrogen-bond acceptors (Lipinski definition) is 7. The summed E-state index contributed by atoms with van der Waals surface area (Å²) in [5.74, 6) is -0.394. The van der Waals surface area contributed by atoms with E-state index in [4.69, 9.17) is 0 Å². The van der Waals surface area contributed by atoms with Gasteiger partial charge in [-0.15, -0.1) is 0 Å². The molecule has 0 spiro atoms. The number of aliphatic hydroxyl groups is 1. The van der Waals surface area contributed by atoms with E-state index in [2.05, 4.69) is 37.7 Å². The lowest BCUT2D eigenvalue weighted by atomic mass is 10.0. The summed E-state index contributed by atoms with van der Waals surface area (Å²) in [6, 6.07) is 8.88. The molecule has 4 heterocycles. The standard InChI is InChI=1S/C24H24FN7O2/c1-2-31-22(33)17-13-27-23(28-16-4-3-14-7-10-26-12-15(14)11-16)30-20(17)32(31)21-18(25)5-6-19(29-21)24(34)8-9-24/h3-6,11,13,26,34H,2,7-10,12H2,1H3,(H,27,28,30). The van der Waals surface area contributed by atoms with Gasteiger partial charge >= 0.3 is 0 Å². The maximum Gasteiger partial charge on any atom is 0.278 e. The van der Waals surface area contributed by atoms with Crippen LogP contribution in [0, 0.1) is 5.82 Å². The second-order valence-electron chi connectivity index (χ2n) is 8.83. The zero-order valence-corrected chi connectivity index (χ0v) is 18.7. The van der Waals surface area contributed by atoms with Crippen molar-refractivity contribution in [2.75, 3.05) is 11.9 Å². The molecule has 34 heavy (non-hydrogen) atoms.